The van der Waals surface area contributed by atoms with Crippen molar-refractivity contribution in [3.63, 3.8) is 0 Å². The maximum Gasteiger partial charge on any atom is 0.271 e. The Bertz CT molecular complexity index is 1010. The predicted octanol–water partition coefficient (Wildman–Crippen LogP) is 2.41. The summed E-state index contributed by atoms with van der Waals surface area (Å²) in [6, 6.07) is 10.2. The third kappa shape index (κ3) is 5.01. The second-order valence-corrected chi connectivity index (χ2v) is 7.80. The topological polar surface area (TPSA) is 81.1 Å². The third-order valence-electron chi connectivity index (χ3n) is 5.88. The van der Waals surface area contributed by atoms with Gasteiger partial charge in [-0.3, -0.25) is 9.78 Å². The Morgan fingerprint density at radius 3 is 2.97 bits per heavy atom. The molecule has 1 saturated heterocycles. The van der Waals surface area contributed by atoms with Gasteiger partial charge in [-0.2, -0.15) is 0 Å². The molecule has 2 atom stereocenters. The standard InChI is InChI=1S/C22H25N5O2.2ClH/c28-22(19-12-27-10-9-23-7-6-21(27)25-19)26-20-14-29-13-16(20)11-15-5-8-24-18-4-2-1-3-17(15)18;;/h1-5,8,12,16,20,23H,6-7,9-11,13-14H2,(H,26,28);2*1H/t16-,20+;;/m1../s1. The van der Waals surface area contributed by atoms with E-state index in [1.165, 1.54) is 10.9 Å². The van der Waals surface area contributed by atoms with Crippen LogP contribution in [-0.2, 0) is 24.1 Å². The zero-order valence-electron chi connectivity index (χ0n) is 17.1. The van der Waals surface area contributed by atoms with E-state index in [1.807, 2.05) is 30.6 Å². The summed E-state index contributed by atoms with van der Waals surface area (Å²) >= 11 is 0. The van der Waals surface area contributed by atoms with Crippen LogP contribution >= 0.6 is 24.8 Å². The zero-order valence-corrected chi connectivity index (χ0v) is 18.8. The van der Waals surface area contributed by atoms with Crippen molar-refractivity contribution in [2.75, 3.05) is 26.3 Å². The molecule has 2 N–H and O–H groups in total. The molecule has 1 aromatic carbocycles. The lowest BCUT2D eigenvalue weighted by atomic mass is 9.93. The van der Waals surface area contributed by atoms with Crippen molar-refractivity contribution in [1.82, 2.24) is 25.2 Å². The molecule has 31 heavy (non-hydrogen) atoms. The highest BCUT2D eigenvalue weighted by atomic mass is 35.5. The van der Waals surface area contributed by atoms with Gasteiger partial charge in [-0.15, -0.1) is 24.8 Å². The SMILES string of the molecule is Cl.Cl.O=C(N[C@H]1COC[C@H]1Cc1ccnc2ccccc12)c1cn2c(n1)CCNCC2. The smallest absolute Gasteiger partial charge is 0.271 e. The van der Waals surface area contributed by atoms with Crippen LogP contribution in [0.3, 0.4) is 0 Å². The summed E-state index contributed by atoms with van der Waals surface area (Å²) in [5.74, 6) is 1.09. The Morgan fingerprint density at radius 1 is 1.19 bits per heavy atom. The molecule has 2 aliphatic heterocycles. The number of para-hydroxylation sites is 1. The molecule has 2 aliphatic rings. The van der Waals surface area contributed by atoms with Gasteiger partial charge in [-0.05, 0) is 24.1 Å². The van der Waals surface area contributed by atoms with Gasteiger partial charge in [0.25, 0.3) is 5.91 Å². The molecule has 2 aromatic heterocycles. The molecule has 0 spiro atoms. The quantitative estimate of drug-likeness (QED) is 0.620. The van der Waals surface area contributed by atoms with Gasteiger partial charge in [-0.1, -0.05) is 18.2 Å². The number of carbonyl (C=O) groups is 1. The molecule has 166 valence electrons. The Kier molecular flexibility index (Phi) is 7.89. The number of nitrogens with zero attached hydrogens (tertiary/aromatic N) is 3. The summed E-state index contributed by atoms with van der Waals surface area (Å²) in [6.45, 7) is 3.84. The second-order valence-electron chi connectivity index (χ2n) is 7.80. The van der Waals surface area contributed by atoms with Gasteiger partial charge < -0.3 is 19.9 Å². The van der Waals surface area contributed by atoms with Crippen LogP contribution in [0.4, 0.5) is 0 Å². The van der Waals surface area contributed by atoms with Crippen LogP contribution < -0.4 is 10.6 Å². The molecule has 5 rings (SSSR count). The minimum absolute atomic E-state index is 0. The third-order valence-corrected chi connectivity index (χ3v) is 5.88. The van der Waals surface area contributed by atoms with E-state index in [4.69, 9.17) is 4.74 Å². The molecule has 3 aromatic rings. The van der Waals surface area contributed by atoms with Crippen molar-refractivity contribution in [3.8, 4) is 0 Å². The Hall–Kier alpha value is -2.19. The van der Waals surface area contributed by atoms with Crippen LogP contribution in [-0.4, -0.2) is 52.8 Å². The number of pyridine rings is 1. The lowest BCUT2D eigenvalue weighted by molar-refractivity contribution is 0.0920. The molecule has 0 aliphatic carbocycles. The summed E-state index contributed by atoms with van der Waals surface area (Å²) < 4.78 is 7.81. The minimum Gasteiger partial charge on any atom is -0.379 e. The van der Waals surface area contributed by atoms with Gasteiger partial charge >= 0.3 is 0 Å². The van der Waals surface area contributed by atoms with Gasteiger partial charge in [0, 0.05) is 49.8 Å². The molecule has 0 unspecified atom stereocenters. The lowest BCUT2D eigenvalue weighted by Gasteiger charge is -2.19. The summed E-state index contributed by atoms with van der Waals surface area (Å²) in [5.41, 5.74) is 2.74. The van der Waals surface area contributed by atoms with E-state index < -0.39 is 0 Å². The molecular weight excluding hydrogens is 437 g/mol. The fourth-order valence-corrected chi connectivity index (χ4v) is 4.30. The van der Waals surface area contributed by atoms with Crippen molar-refractivity contribution >= 4 is 41.6 Å². The van der Waals surface area contributed by atoms with Crippen LogP contribution in [0.5, 0.6) is 0 Å². The van der Waals surface area contributed by atoms with Crippen molar-refractivity contribution < 1.29 is 9.53 Å². The van der Waals surface area contributed by atoms with Crippen LogP contribution in [0, 0.1) is 5.92 Å². The van der Waals surface area contributed by atoms with Gasteiger partial charge in [0.15, 0.2) is 0 Å². The number of imidazole rings is 1. The highest BCUT2D eigenvalue weighted by molar-refractivity contribution is 5.92. The molecular formula is C22H27Cl2N5O2. The molecule has 0 saturated carbocycles. The number of rotatable bonds is 4. The van der Waals surface area contributed by atoms with Crippen molar-refractivity contribution in [3.05, 3.63) is 59.8 Å². The molecule has 7 nitrogen and oxygen atoms in total. The summed E-state index contributed by atoms with van der Waals surface area (Å²) in [5, 5.41) is 7.68. The average molecular weight is 464 g/mol. The molecule has 1 fully saturated rings. The lowest BCUT2D eigenvalue weighted by Crippen LogP contribution is -2.40. The summed E-state index contributed by atoms with van der Waals surface area (Å²) in [7, 11) is 0. The monoisotopic (exact) mass is 463 g/mol. The van der Waals surface area contributed by atoms with E-state index in [-0.39, 0.29) is 42.7 Å². The number of carbonyl (C=O) groups excluding carboxylic acids is 1. The number of hydrogen-bond donors (Lipinski definition) is 2. The molecule has 4 heterocycles. The van der Waals surface area contributed by atoms with Crippen LogP contribution in [0.1, 0.15) is 21.9 Å². The maximum absolute atomic E-state index is 12.8. The number of hydrogen-bond acceptors (Lipinski definition) is 5. The highest BCUT2D eigenvalue weighted by Crippen LogP contribution is 2.24. The number of benzene rings is 1. The molecule has 1 amide bonds. The van der Waals surface area contributed by atoms with E-state index in [0.29, 0.717) is 18.9 Å². The van der Waals surface area contributed by atoms with Crippen LogP contribution in [0.15, 0.2) is 42.7 Å². The van der Waals surface area contributed by atoms with Gasteiger partial charge in [0.05, 0.1) is 24.8 Å². The first kappa shape index (κ1) is 23.5. The Morgan fingerprint density at radius 2 is 2.06 bits per heavy atom. The van der Waals surface area contributed by atoms with Crippen LogP contribution in [0.25, 0.3) is 10.9 Å². The number of halogens is 2. The van der Waals surface area contributed by atoms with Crippen molar-refractivity contribution in [2.45, 2.75) is 25.4 Å². The van der Waals surface area contributed by atoms with Gasteiger partial charge in [0.2, 0.25) is 0 Å². The Balaban J connectivity index is 0.00000136. The first-order valence-electron chi connectivity index (χ1n) is 10.3. The van der Waals surface area contributed by atoms with E-state index >= 15 is 0 Å². The fraction of sp³-hybridized carbons (Fsp3) is 0.409. The van der Waals surface area contributed by atoms with Crippen molar-refractivity contribution in [1.29, 1.82) is 0 Å². The number of aromatic nitrogens is 3. The maximum atomic E-state index is 12.8. The molecule has 9 heteroatoms. The zero-order chi connectivity index (χ0) is 19.6. The van der Waals surface area contributed by atoms with E-state index in [2.05, 4.69) is 37.3 Å². The van der Waals surface area contributed by atoms with E-state index in [1.54, 1.807) is 0 Å². The summed E-state index contributed by atoms with van der Waals surface area (Å²) in [6.07, 6.45) is 5.42. The van der Waals surface area contributed by atoms with Crippen molar-refractivity contribution in [2.24, 2.45) is 5.92 Å². The normalized spacial score (nSPS) is 20.3. The first-order chi connectivity index (χ1) is 14.3. The van der Waals surface area contributed by atoms with Gasteiger partial charge in [-0.25, -0.2) is 4.98 Å². The Labute approximate surface area is 193 Å². The highest BCUT2D eigenvalue weighted by Gasteiger charge is 2.31. The number of ether oxygens (including phenoxy) is 1. The van der Waals surface area contributed by atoms with E-state index in [0.717, 1.165) is 43.8 Å². The predicted molar refractivity (Wildman–Crippen MR) is 124 cm³/mol. The fourth-order valence-electron chi connectivity index (χ4n) is 4.30. The average Bonchev–Trinajstić information content (AvgIpc) is 3.29. The number of nitrogens with one attached hydrogen (secondary N) is 2. The number of amides is 1. The molecule has 0 bridgehead atoms. The number of fused-ring (bicyclic) bond motifs is 2. The summed E-state index contributed by atoms with van der Waals surface area (Å²) in [4.78, 5) is 21.9. The molecule has 0 radical (unpaired) electrons. The van der Waals surface area contributed by atoms with E-state index in [9.17, 15) is 4.79 Å². The largest absolute Gasteiger partial charge is 0.379 e. The van der Waals surface area contributed by atoms with Gasteiger partial charge in [0.1, 0.15) is 11.5 Å². The van der Waals surface area contributed by atoms with Crippen LogP contribution in [0.2, 0.25) is 0 Å². The first-order valence-corrected chi connectivity index (χ1v) is 10.3. The minimum atomic E-state index is -0.112. The second kappa shape index (κ2) is 10.4.